The summed E-state index contributed by atoms with van der Waals surface area (Å²) in [6.45, 7) is 0. The van der Waals surface area contributed by atoms with Gasteiger partial charge >= 0.3 is 0 Å². The molecule has 1 rings (SSSR count). The van der Waals surface area contributed by atoms with E-state index in [9.17, 15) is 0 Å². The summed E-state index contributed by atoms with van der Waals surface area (Å²) in [7, 11) is 0. The van der Waals surface area contributed by atoms with Crippen LogP contribution in [0.1, 0.15) is 25.7 Å². The average Bonchev–Trinajstić information content (AvgIpc) is 2.05. The van der Waals surface area contributed by atoms with Crippen LogP contribution in [0.25, 0.3) is 0 Å². The maximum Gasteiger partial charge on any atom is -0.00978 e. The van der Waals surface area contributed by atoms with E-state index in [0.29, 0.717) is 0 Å². The summed E-state index contributed by atoms with van der Waals surface area (Å²) >= 11 is 0. The molecule has 0 saturated heterocycles. The van der Waals surface area contributed by atoms with E-state index in [0.717, 1.165) is 25.7 Å². The first-order valence-corrected chi connectivity index (χ1v) is 4.52. The molecule has 0 amide bonds. The zero-order valence-electron chi connectivity index (χ0n) is 7.37. The lowest BCUT2D eigenvalue weighted by Crippen LogP contribution is -1.68. The van der Waals surface area contributed by atoms with Crippen LogP contribution in [-0.4, -0.2) is 0 Å². The highest BCUT2D eigenvalue weighted by Gasteiger charge is 1.78. The molecule has 0 N–H and O–H groups in total. The van der Waals surface area contributed by atoms with E-state index in [4.69, 9.17) is 0 Å². The Balaban J connectivity index is 2.41. The van der Waals surface area contributed by atoms with Crippen molar-refractivity contribution in [2.75, 3.05) is 0 Å². The van der Waals surface area contributed by atoms with Gasteiger partial charge in [0.25, 0.3) is 0 Å². The highest BCUT2D eigenvalue weighted by molar-refractivity contribution is 5.06. The van der Waals surface area contributed by atoms with E-state index in [2.05, 4.69) is 48.6 Å². The van der Waals surface area contributed by atoms with E-state index in [1.165, 1.54) is 0 Å². The first-order valence-electron chi connectivity index (χ1n) is 4.52. The monoisotopic (exact) mass is 159 g/mol. The van der Waals surface area contributed by atoms with Gasteiger partial charge in [0.05, 0.1) is 0 Å². The van der Waals surface area contributed by atoms with Gasteiger partial charge in [0.15, 0.2) is 0 Å². The topological polar surface area (TPSA) is 0 Å². The van der Waals surface area contributed by atoms with Crippen molar-refractivity contribution in [3.05, 3.63) is 48.6 Å². The second-order valence-electron chi connectivity index (χ2n) is 2.75. The molecular weight excluding hydrogens is 144 g/mol. The molecule has 1 radical (unpaired) electrons. The fourth-order valence-electron chi connectivity index (χ4n) is 1.02. The lowest BCUT2D eigenvalue weighted by Gasteiger charge is -1.87. The molecule has 1 aliphatic carbocycles. The van der Waals surface area contributed by atoms with E-state index >= 15 is 0 Å². The van der Waals surface area contributed by atoms with Gasteiger partial charge in [-0.15, -0.1) is 0 Å². The summed E-state index contributed by atoms with van der Waals surface area (Å²) in [5.74, 6) is 0. The van der Waals surface area contributed by atoms with E-state index < -0.39 is 0 Å². The predicted molar refractivity (Wildman–Crippen MR) is 53.7 cm³/mol. The molecule has 12 heavy (non-hydrogen) atoms. The van der Waals surface area contributed by atoms with Gasteiger partial charge in [-0.2, -0.15) is 0 Å². The largest absolute Gasteiger partial charge is 0.0844 e. The Hall–Kier alpha value is -1.04. The van der Waals surface area contributed by atoms with Crippen molar-refractivity contribution in [1.29, 1.82) is 0 Å². The second-order valence-corrected chi connectivity index (χ2v) is 2.75. The lowest BCUT2D eigenvalue weighted by molar-refractivity contribution is 1.04. The highest BCUT2D eigenvalue weighted by atomic mass is 13.8. The number of rotatable bonds is 0. The van der Waals surface area contributed by atoms with Crippen LogP contribution in [0.15, 0.2) is 42.5 Å². The minimum Gasteiger partial charge on any atom is -0.0844 e. The molecule has 0 heteroatoms. The summed E-state index contributed by atoms with van der Waals surface area (Å²) < 4.78 is 0. The summed E-state index contributed by atoms with van der Waals surface area (Å²) in [5.41, 5.74) is 0. The van der Waals surface area contributed by atoms with E-state index in [1.54, 1.807) is 0 Å². The minimum atomic E-state index is 0.956. The molecule has 0 aliphatic heterocycles. The molecule has 0 aromatic rings. The van der Waals surface area contributed by atoms with E-state index in [1.807, 2.05) is 0 Å². The Morgan fingerprint density at radius 1 is 0.833 bits per heavy atom. The molecule has 0 bridgehead atoms. The predicted octanol–water partition coefficient (Wildman–Crippen LogP) is 3.59. The van der Waals surface area contributed by atoms with Crippen molar-refractivity contribution < 1.29 is 0 Å². The summed E-state index contributed by atoms with van der Waals surface area (Å²) in [4.78, 5) is 0. The van der Waals surface area contributed by atoms with Crippen LogP contribution < -0.4 is 0 Å². The Kier molecular flexibility index (Phi) is 5.02. The molecule has 0 spiro atoms. The third-order valence-corrected chi connectivity index (χ3v) is 1.68. The average molecular weight is 159 g/mol. The van der Waals surface area contributed by atoms with Gasteiger partial charge in [0.2, 0.25) is 0 Å². The van der Waals surface area contributed by atoms with Gasteiger partial charge in [-0.3, -0.25) is 0 Å². The van der Waals surface area contributed by atoms with Gasteiger partial charge in [-0.25, -0.2) is 0 Å². The smallest absolute Gasteiger partial charge is 0.00978 e. The van der Waals surface area contributed by atoms with Gasteiger partial charge < -0.3 is 0 Å². The van der Waals surface area contributed by atoms with Gasteiger partial charge in [-0.05, 0) is 31.8 Å². The van der Waals surface area contributed by atoms with E-state index in [-0.39, 0.29) is 0 Å². The lowest BCUT2D eigenvalue weighted by atomic mass is 10.2. The first kappa shape index (κ1) is 9.05. The normalized spacial score (nSPS) is 29.3. The Bertz CT molecular complexity index is 204. The van der Waals surface area contributed by atoms with Crippen molar-refractivity contribution in [3.8, 4) is 0 Å². The maximum absolute atomic E-state index is 3.23. The third-order valence-electron chi connectivity index (χ3n) is 1.68. The van der Waals surface area contributed by atoms with Crippen LogP contribution >= 0.6 is 0 Å². The summed E-state index contributed by atoms with van der Waals surface area (Å²) in [6.07, 6.45) is 22.5. The van der Waals surface area contributed by atoms with Crippen molar-refractivity contribution in [2.24, 2.45) is 0 Å². The number of hydrogen-bond donors (Lipinski definition) is 0. The molecule has 0 unspecified atom stereocenters. The zero-order valence-corrected chi connectivity index (χ0v) is 7.37. The molecule has 0 nitrogen and oxygen atoms in total. The van der Waals surface area contributed by atoms with Crippen molar-refractivity contribution in [3.63, 3.8) is 0 Å². The van der Waals surface area contributed by atoms with Crippen LogP contribution in [0, 0.1) is 6.08 Å². The van der Waals surface area contributed by atoms with Crippen molar-refractivity contribution in [2.45, 2.75) is 25.7 Å². The Morgan fingerprint density at radius 3 is 2.75 bits per heavy atom. The Labute approximate surface area is 75.0 Å². The van der Waals surface area contributed by atoms with Gasteiger partial charge in [0.1, 0.15) is 0 Å². The van der Waals surface area contributed by atoms with Crippen LogP contribution in [0.5, 0.6) is 0 Å². The molecule has 0 saturated carbocycles. The SMILES string of the molecule is [C]1=C/CC/C=C/C=C\C/C=C/C/1. The van der Waals surface area contributed by atoms with Crippen LogP contribution in [0.4, 0.5) is 0 Å². The third kappa shape index (κ3) is 4.73. The second kappa shape index (κ2) is 6.66. The fraction of sp³-hybridized carbons (Fsp3) is 0.333. The Morgan fingerprint density at radius 2 is 1.75 bits per heavy atom. The van der Waals surface area contributed by atoms with Crippen molar-refractivity contribution in [1.82, 2.24) is 0 Å². The molecular formula is C12H15. The van der Waals surface area contributed by atoms with Crippen molar-refractivity contribution >= 4 is 0 Å². The molecule has 0 atom stereocenters. The molecule has 1 aliphatic rings. The standard InChI is InChI=1S/C12H15/c1-2-4-6-8-10-12-11-9-7-5-3-1/h1-4,7,9-10H,5-6,8,11H2/b3-1-,4-2+,9-7+,12-10?. The van der Waals surface area contributed by atoms with Crippen LogP contribution in [-0.2, 0) is 0 Å². The van der Waals surface area contributed by atoms with Gasteiger partial charge in [-0.1, -0.05) is 42.5 Å². The zero-order chi connectivity index (χ0) is 8.49. The molecule has 0 heterocycles. The molecule has 0 fully saturated rings. The number of allylic oxidation sites excluding steroid dienone is 8. The fourth-order valence-corrected chi connectivity index (χ4v) is 1.02. The molecule has 63 valence electrons. The van der Waals surface area contributed by atoms with Gasteiger partial charge in [0, 0.05) is 0 Å². The van der Waals surface area contributed by atoms with Crippen LogP contribution in [0.2, 0.25) is 0 Å². The summed E-state index contributed by atoms with van der Waals surface area (Å²) in [5, 5.41) is 0. The summed E-state index contributed by atoms with van der Waals surface area (Å²) in [6, 6.07) is 0. The highest BCUT2D eigenvalue weighted by Crippen LogP contribution is 1.97. The molecule has 0 aromatic heterocycles. The minimum absolute atomic E-state index is 0.956. The van der Waals surface area contributed by atoms with Crippen LogP contribution in [0.3, 0.4) is 0 Å². The quantitative estimate of drug-likeness (QED) is 0.474. The first-order chi connectivity index (χ1) is 6.00. The number of hydrogen-bond acceptors (Lipinski definition) is 0. The maximum atomic E-state index is 3.23. The molecule has 0 aromatic carbocycles.